The number of likely N-dealkylation sites (tertiary alicyclic amines) is 1. The molecule has 0 aliphatic carbocycles. The fourth-order valence-corrected chi connectivity index (χ4v) is 3.30. The molecular weight excluding hydrogens is 329 g/mol. The molecule has 1 atom stereocenters. The molecule has 136 valence electrons. The molecule has 0 bridgehead atoms. The van der Waals surface area contributed by atoms with E-state index in [4.69, 9.17) is 4.98 Å². The van der Waals surface area contributed by atoms with E-state index in [1.165, 1.54) is 12.1 Å². The highest BCUT2D eigenvalue weighted by molar-refractivity contribution is 5.92. The predicted octanol–water partition coefficient (Wildman–Crippen LogP) is 3.66. The fraction of sp³-hybridized carbons (Fsp3) is 0.333. The van der Waals surface area contributed by atoms with Gasteiger partial charge in [0.15, 0.2) is 0 Å². The molecule has 5 heteroatoms. The third-order valence-electron chi connectivity index (χ3n) is 4.49. The first-order valence-electron chi connectivity index (χ1n) is 8.88. The van der Waals surface area contributed by atoms with E-state index in [-0.39, 0.29) is 17.8 Å². The van der Waals surface area contributed by atoms with Crippen molar-refractivity contribution < 1.29 is 9.18 Å². The first-order chi connectivity index (χ1) is 12.5. The summed E-state index contributed by atoms with van der Waals surface area (Å²) in [6, 6.07) is 12.4. The van der Waals surface area contributed by atoms with Gasteiger partial charge in [-0.05, 0) is 51.2 Å². The van der Waals surface area contributed by atoms with Gasteiger partial charge in [0.05, 0.1) is 17.4 Å². The largest absolute Gasteiger partial charge is 0.331 e. The highest BCUT2D eigenvalue weighted by atomic mass is 19.1. The van der Waals surface area contributed by atoms with Crippen molar-refractivity contribution in [1.29, 1.82) is 0 Å². The van der Waals surface area contributed by atoms with E-state index in [2.05, 4.69) is 4.90 Å². The van der Waals surface area contributed by atoms with Crippen LogP contribution in [0, 0.1) is 5.82 Å². The van der Waals surface area contributed by atoms with Crippen molar-refractivity contribution in [2.75, 3.05) is 20.6 Å². The number of nitrogens with zero attached hydrogens (tertiary/aromatic N) is 3. The summed E-state index contributed by atoms with van der Waals surface area (Å²) in [5.41, 5.74) is 2.34. The zero-order valence-corrected chi connectivity index (χ0v) is 15.2. The van der Waals surface area contributed by atoms with Crippen LogP contribution in [0.2, 0.25) is 0 Å². The van der Waals surface area contributed by atoms with Crippen LogP contribution in [0.3, 0.4) is 0 Å². The summed E-state index contributed by atoms with van der Waals surface area (Å²) >= 11 is 0. The number of hydrogen-bond acceptors (Lipinski definition) is 3. The summed E-state index contributed by atoms with van der Waals surface area (Å²) in [6.07, 6.45) is 4.85. The molecule has 26 heavy (non-hydrogen) atoms. The molecule has 1 fully saturated rings. The van der Waals surface area contributed by atoms with Crippen molar-refractivity contribution in [2.45, 2.75) is 25.4 Å². The number of amides is 1. The standard InChI is InChI=1S/C21H24FN3O/c1-24(2)15-17-8-5-10-19(23-17)20-11-6-14-25(20)21(26)13-12-16-7-3-4-9-18(16)22/h3-5,7-10,12-13,20H,6,11,14-15H2,1-2H3/b13-12+. The van der Waals surface area contributed by atoms with Crippen molar-refractivity contribution in [3.8, 4) is 0 Å². The van der Waals surface area contributed by atoms with Crippen molar-refractivity contribution in [2.24, 2.45) is 0 Å². The quantitative estimate of drug-likeness (QED) is 0.770. The lowest BCUT2D eigenvalue weighted by Crippen LogP contribution is -2.29. The van der Waals surface area contributed by atoms with Gasteiger partial charge in [-0.3, -0.25) is 9.78 Å². The first kappa shape index (κ1) is 18.3. The van der Waals surface area contributed by atoms with Crippen molar-refractivity contribution in [3.05, 3.63) is 71.3 Å². The zero-order chi connectivity index (χ0) is 18.5. The monoisotopic (exact) mass is 353 g/mol. The highest BCUT2D eigenvalue weighted by Crippen LogP contribution is 2.31. The van der Waals surface area contributed by atoms with E-state index >= 15 is 0 Å². The third-order valence-corrected chi connectivity index (χ3v) is 4.49. The van der Waals surface area contributed by atoms with Crippen LogP contribution in [0.4, 0.5) is 4.39 Å². The Hall–Kier alpha value is -2.53. The normalized spacial score (nSPS) is 17.4. The lowest BCUT2D eigenvalue weighted by atomic mass is 10.1. The number of halogens is 1. The van der Waals surface area contributed by atoms with E-state index < -0.39 is 0 Å². The molecule has 4 nitrogen and oxygen atoms in total. The SMILES string of the molecule is CN(C)Cc1cccc(C2CCCN2C(=O)/C=C/c2ccccc2F)n1. The molecule has 3 rings (SSSR count). The average Bonchev–Trinajstić information content (AvgIpc) is 3.10. The van der Waals surface area contributed by atoms with Gasteiger partial charge in [0.1, 0.15) is 5.82 Å². The summed E-state index contributed by atoms with van der Waals surface area (Å²) in [6.45, 7) is 1.46. The van der Waals surface area contributed by atoms with Crippen molar-refractivity contribution in [1.82, 2.24) is 14.8 Å². The summed E-state index contributed by atoms with van der Waals surface area (Å²) in [7, 11) is 4.01. The van der Waals surface area contributed by atoms with Crippen molar-refractivity contribution in [3.63, 3.8) is 0 Å². The Kier molecular flexibility index (Phi) is 5.78. The van der Waals surface area contributed by atoms with E-state index in [9.17, 15) is 9.18 Å². The Morgan fingerprint density at radius 2 is 2.08 bits per heavy atom. The summed E-state index contributed by atoms with van der Waals surface area (Å²) in [5, 5.41) is 0. The van der Waals surface area contributed by atoms with Gasteiger partial charge in [-0.1, -0.05) is 24.3 Å². The second kappa shape index (κ2) is 8.23. The van der Waals surface area contributed by atoms with Gasteiger partial charge in [0, 0.05) is 24.7 Å². The van der Waals surface area contributed by atoms with E-state index in [0.29, 0.717) is 12.1 Å². The van der Waals surface area contributed by atoms with Crippen LogP contribution in [-0.4, -0.2) is 41.3 Å². The number of carbonyl (C=O) groups is 1. The number of pyridine rings is 1. The molecule has 1 aromatic heterocycles. The molecule has 1 amide bonds. The number of aromatic nitrogens is 1. The minimum Gasteiger partial charge on any atom is -0.331 e. The van der Waals surface area contributed by atoms with Gasteiger partial charge in [-0.15, -0.1) is 0 Å². The Balaban J connectivity index is 1.75. The predicted molar refractivity (Wildman–Crippen MR) is 101 cm³/mol. The molecule has 0 radical (unpaired) electrons. The molecule has 2 heterocycles. The van der Waals surface area contributed by atoms with Gasteiger partial charge < -0.3 is 9.80 Å². The molecular formula is C21H24FN3O. The highest BCUT2D eigenvalue weighted by Gasteiger charge is 2.29. The maximum atomic E-state index is 13.7. The van der Waals surface area contributed by atoms with Crippen LogP contribution in [0.1, 0.15) is 35.8 Å². The van der Waals surface area contributed by atoms with Crippen LogP contribution in [0.25, 0.3) is 6.08 Å². The fourth-order valence-electron chi connectivity index (χ4n) is 3.30. The summed E-state index contributed by atoms with van der Waals surface area (Å²) < 4.78 is 13.7. The van der Waals surface area contributed by atoms with Gasteiger partial charge in [0.2, 0.25) is 5.91 Å². The van der Waals surface area contributed by atoms with Crippen LogP contribution < -0.4 is 0 Å². The van der Waals surface area contributed by atoms with E-state index in [0.717, 1.165) is 30.8 Å². The molecule has 1 aromatic carbocycles. The van der Waals surface area contributed by atoms with Crippen LogP contribution in [0.5, 0.6) is 0 Å². The van der Waals surface area contributed by atoms with Gasteiger partial charge in [-0.25, -0.2) is 4.39 Å². The van der Waals surface area contributed by atoms with E-state index in [1.54, 1.807) is 24.3 Å². The smallest absolute Gasteiger partial charge is 0.247 e. The number of benzene rings is 1. The molecule has 0 N–H and O–H groups in total. The molecule has 1 saturated heterocycles. The zero-order valence-electron chi connectivity index (χ0n) is 15.2. The van der Waals surface area contributed by atoms with Crippen LogP contribution in [-0.2, 0) is 11.3 Å². The average molecular weight is 353 g/mol. The Morgan fingerprint density at radius 3 is 2.85 bits per heavy atom. The Labute approximate surface area is 154 Å². The van der Waals surface area contributed by atoms with Gasteiger partial charge >= 0.3 is 0 Å². The number of rotatable bonds is 5. The lowest BCUT2D eigenvalue weighted by Gasteiger charge is -2.23. The third kappa shape index (κ3) is 4.35. The molecule has 1 aliphatic heterocycles. The molecule has 1 aliphatic rings. The van der Waals surface area contributed by atoms with Crippen LogP contribution >= 0.6 is 0 Å². The number of carbonyl (C=O) groups excluding carboxylic acids is 1. The van der Waals surface area contributed by atoms with Crippen LogP contribution in [0.15, 0.2) is 48.5 Å². The topological polar surface area (TPSA) is 36.4 Å². The second-order valence-electron chi connectivity index (χ2n) is 6.84. The maximum absolute atomic E-state index is 13.7. The van der Waals surface area contributed by atoms with E-state index in [1.807, 2.05) is 37.2 Å². The maximum Gasteiger partial charge on any atom is 0.247 e. The minimum atomic E-state index is -0.326. The molecule has 1 unspecified atom stereocenters. The molecule has 0 spiro atoms. The number of hydrogen-bond donors (Lipinski definition) is 0. The molecule has 0 saturated carbocycles. The van der Waals surface area contributed by atoms with Crippen molar-refractivity contribution >= 4 is 12.0 Å². The summed E-state index contributed by atoms with van der Waals surface area (Å²) in [4.78, 5) is 21.3. The summed E-state index contributed by atoms with van der Waals surface area (Å²) in [5.74, 6) is -0.428. The second-order valence-corrected chi connectivity index (χ2v) is 6.84. The van der Waals surface area contributed by atoms with Gasteiger partial charge in [0.25, 0.3) is 0 Å². The molecule has 2 aromatic rings. The minimum absolute atomic E-state index is 0.0186. The Morgan fingerprint density at radius 1 is 1.27 bits per heavy atom. The lowest BCUT2D eigenvalue weighted by molar-refractivity contribution is -0.126. The first-order valence-corrected chi connectivity index (χ1v) is 8.88. The van der Waals surface area contributed by atoms with Gasteiger partial charge in [-0.2, -0.15) is 0 Å². The Bertz CT molecular complexity index is 803.